The monoisotopic (exact) mass is 434 g/mol. The molecule has 0 bridgehead atoms. The lowest BCUT2D eigenvalue weighted by atomic mass is 9.97. The van der Waals surface area contributed by atoms with Gasteiger partial charge in [0.05, 0.1) is 33.1 Å². The van der Waals surface area contributed by atoms with E-state index in [1.165, 1.54) is 9.71 Å². The van der Waals surface area contributed by atoms with E-state index >= 15 is 0 Å². The molecule has 7 heteroatoms. The third kappa shape index (κ3) is 4.07. The first-order chi connectivity index (χ1) is 15.1. The highest BCUT2D eigenvalue weighted by molar-refractivity contribution is 7.18. The molecule has 0 radical (unpaired) electrons. The van der Waals surface area contributed by atoms with Crippen LogP contribution in [-0.2, 0) is 9.59 Å². The van der Waals surface area contributed by atoms with Crippen LogP contribution in [0.5, 0.6) is 0 Å². The summed E-state index contributed by atoms with van der Waals surface area (Å²) in [6.45, 7) is 4.08. The molecule has 0 spiro atoms. The first-order valence-electron chi connectivity index (χ1n) is 10.9. The van der Waals surface area contributed by atoms with Gasteiger partial charge in [-0.15, -0.1) is 11.3 Å². The number of hydrogen-bond acceptors (Lipinski definition) is 5. The maximum atomic E-state index is 13.3. The molecule has 2 amide bonds. The second-order valence-corrected chi connectivity index (χ2v) is 9.51. The molecule has 31 heavy (non-hydrogen) atoms. The molecular formula is C24H26N4O2S. The van der Waals surface area contributed by atoms with Crippen molar-refractivity contribution in [3.05, 3.63) is 53.5 Å². The van der Waals surface area contributed by atoms with E-state index in [-0.39, 0.29) is 17.9 Å². The fourth-order valence-electron chi connectivity index (χ4n) is 4.64. The Morgan fingerprint density at radius 2 is 1.87 bits per heavy atom. The average Bonchev–Trinajstić information content (AvgIpc) is 3.14. The molecule has 5 rings (SSSR count). The summed E-state index contributed by atoms with van der Waals surface area (Å²) in [6, 6.07) is 15.7. The Bertz CT molecular complexity index is 1090. The highest BCUT2D eigenvalue weighted by Crippen LogP contribution is 2.35. The van der Waals surface area contributed by atoms with Crippen LogP contribution in [0.4, 0.5) is 11.4 Å². The van der Waals surface area contributed by atoms with Crippen LogP contribution in [0.15, 0.2) is 48.5 Å². The average molecular weight is 435 g/mol. The fourth-order valence-corrected chi connectivity index (χ4v) is 5.77. The SMILES string of the molecule is CC1CC(=O)Nc2ccccc2N1C(=O)CN1CCC(c2nc3ccccc3s2)CC1. The predicted octanol–water partition coefficient (Wildman–Crippen LogP) is 4.24. The van der Waals surface area contributed by atoms with Gasteiger partial charge in [-0.1, -0.05) is 24.3 Å². The van der Waals surface area contributed by atoms with Gasteiger partial charge in [-0.25, -0.2) is 4.98 Å². The quantitative estimate of drug-likeness (QED) is 0.670. The topological polar surface area (TPSA) is 65.5 Å². The number of nitrogens with zero attached hydrogens (tertiary/aromatic N) is 3. The van der Waals surface area contributed by atoms with Gasteiger partial charge < -0.3 is 10.2 Å². The molecule has 3 heterocycles. The largest absolute Gasteiger partial charge is 0.324 e. The predicted molar refractivity (Wildman–Crippen MR) is 125 cm³/mol. The zero-order valence-electron chi connectivity index (χ0n) is 17.6. The zero-order chi connectivity index (χ0) is 21.4. The maximum absolute atomic E-state index is 13.3. The standard InChI is InChI=1S/C24H26N4O2S/c1-16-14-22(29)25-18-6-2-4-8-20(18)28(16)23(30)15-27-12-10-17(11-13-27)24-26-19-7-3-5-9-21(19)31-24/h2-9,16-17H,10-15H2,1H3,(H,25,29). The number of amides is 2. The Balaban J connectivity index is 1.26. The van der Waals surface area contributed by atoms with Gasteiger partial charge in [-0.05, 0) is 57.1 Å². The number of anilines is 2. The van der Waals surface area contributed by atoms with Crippen molar-refractivity contribution < 1.29 is 9.59 Å². The van der Waals surface area contributed by atoms with Crippen LogP contribution in [0, 0.1) is 0 Å². The summed E-state index contributed by atoms with van der Waals surface area (Å²) in [4.78, 5) is 34.4. The molecule has 1 fully saturated rings. The number of nitrogens with one attached hydrogen (secondary N) is 1. The number of aromatic nitrogens is 1. The number of para-hydroxylation sites is 3. The highest BCUT2D eigenvalue weighted by atomic mass is 32.1. The first-order valence-corrected chi connectivity index (χ1v) is 11.7. The summed E-state index contributed by atoms with van der Waals surface area (Å²) in [6.07, 6.45) is 2.33. The fraction of sp³-hybridized carbons (Fsp3) is 0.375. The van der Waals surface area contributed by atoms with Gasteiger partial charge in [0.15, 0.2) is 0 Å². The highest BCUT2D eigenvalue weighted by Gasteiger charge is 2.31. The van der Waals surface area contributed by atoms with Gasteiger partial charge in [0, 0.05) is 18.4 Å². The van der Waals surface area contributed by atoms with Crippen LogP contribution in [0.25, 0.3) is 10.2 Å². The van der Waals surface area contributed by atoms with Crippen molar-refractivity contribution in [2.45, 2.75) is 38.1 Å². The summed E-state index contributed by atoms with van der Waals surface area (Å²) < 4.78 is 1.24. The van der Waals surface area contributed by atoms with Gasteiger partial charge in [-0.3, -0.25) is 14.5 Å². The van der Waals surface area contributed by atoms with E-state index in [9.17, 15) is 9.59 Å². The van der Waals surface area contributed by atoms with E-state index in [2.05, 4.69) is 28.4 Å². The zero-order valence-corrected chi connectivity index (χ0v) is 18.4. The van der Waals surface area contributed by atoms with Gasteiger partial charge in [-0.2, -0.15) is 0 Å². The minimum Gasteiger partial charge on any atom is -0.324 e. The summed E-state index contributed by atoms with van der Waals surface area (Å²) in [5.41, 5.74) is 2.58. The van der Waals surface area contributed by atoms with Gasteiger partial charge in [0.25, 0.3) is 0 Å². The third-order valence-electron chi connectivity index (χ3n) is 6.23. The minimum absolute atomic E-state index is 0.0492. The van der Waals surface area contributed by atoms with Crippen molar-refractivity contribution in [2.24, 2.45) is 0 Å². The van der Waals surface area contributed by atoms with Crippen molar-refractivity contribution in [3.8, 4) is 0 Å². The molecule has 2 aliphatic heterocycles. The van der Waals surface area contributed by atoms with E-state index in [1.54, 1.807) is 16.2 Å². The molecular weight excluding hydrogens is 408 g/mol. The van der Waals surface area contributed by atoms with Crippen LogP contribution >= 0.6 is 11.3 Å². The lowest BCUT2D eigenvalue weighted by Gasteiger charge is -2.34. The molecule has 1 unspecified atom stereocenters. The number of piperidine rings is 1. The van der Waals surface area contributed by atoms with Gasteiger partial charge in [0.2, 0.25) is 11.8 Å². The van der Waals surface area contributed by atoms with Crippen LogP contribution in [0.3, 0.4) is 0 Å². The van der Waals surface area contributed by atoms with Crippen molar-refractivity contribution in [1.82, 2.24) is 9.88 Å². The molecule has 0 saturated carbocycles. The summed E-state index contributed by atoms with van der Waals surface area (Å²) in [5.74, 6) is 0.463. The number of hydrogen-bond donors (Lipinski definition) is 1. The molecule has 3 aromatic rings. The smallest absolute Gasteiger partial charge is 0.241 e. The van der Waals surface area contributed by atoms with Crippen LogP contribution in [-0.4, -0.2) is 47.4 Å². The molecule has 2 aromatic carbocycles. The number of likely N-dealkylation sites (tertiary alicyclic amines) is 1. The van der Waals surface area contributed by atoms with Crippen LogP contribution in [0.2, 0.25) is 0 Å². The summed E-state index contributed by atoms with van der Waals surface area (Å²) in [7, 11) is 0. The van der Waals surface area contributed by atoms with E-state index in [4.69, 9.17) is 4.98 Å². The Morgan fingerprint density at radius 1 is 1.13 bits per heavy atom. The molecule has 1 N–H and O–H groups in total. The van der Waals surface area contributed by atoms with Gasteiger partial charge >= 0.3 is 0 Å². The Hall–Kier alpha value is -2.77. The van der Waals surface area contributed by atoms with Crippen molar-refractivity contribution >= 4 is 44.7 Å². The van der Waals surface area contributed by atoms with E-state index in [1.807, 2.05) is 37.3 Å². The van der Waals surface area contributed by atoms with E-state index < -0.39 is 0 Å². The van der Waals surface area contributed by atoms with Gasteiger partial charge in [0.1, 0.15) is 0 Å². The Kier molecular flexibility index (Phi) is 5.46. The van der Waals surface area contributed by atoms with E-state index in [0.717, 1.165) is 37.1 Å². The molecule has 160 valence electrons. The molecule has 6 nitrogen and oxygen atoms in total. The van der Waals surface area contributed by atoms with Crippen molar-refractivity contribution in [3.63, 3.8) is 0 Å². The van der Waals surface area contributed by atoms with Crippen molar-refractivity contribution in [1.29, 1.82) is 0 Å². The lowest BCUT2D eigenvalue weighted by molar-refractivity contribution is -0.120. The van der Waals surface area contributed by atoms with Crippen LogP contribution < -0.4 is 10.2 Å². The number of carbonyl (C=O) groups excluding carboxylic acids is 2. The number of rotatable bonds is 3. The van der Waals surface area contributed by atoms with Crippen LogP contribution in [0.1, 0.15) is 37.1 Å². The van der Waals surface area contributed by atoms with E-state index in [0.29, 0.717) is 24.6 Å². The molecule has 2 aliphatic rings. The number of benzene rings is 2. The number of carbonyl (C=O) groups is 2. The minimum atomic E-state index is -0.170. The second-order valence-electron chi connectivity index (χ2n) is 8.45. The molecule has 1 aromatic heterocycles. The number of fused-ring (bicyclic) bond motifs is 2. The molecule has 1 atom stereocenters. The Morgan fingerprint density at radius 3 is 2.68 bits per heavy atom. The maximum Gasteiger partial charge on any atom is 0.241 e. The summed E-state index contributed by atoms with van der Waals surface area (Å²) in [5, 5.41) is 4.14. The Labute approximate surface area is 185 Å². The molecule has 0 aliphatic carbocycles. The van der Waals surface area contributed by atoms with Crippen molar-refractivity contribution in [2.75, 3.05) is 29.9 Å². The first kappa shape index (κ1) is 20.2. The second kappa shape index (κ2) is 8.40. The third-order valence-corrected chi connectivity index (χ3v) is 7.43. The lowest BCUT2D eigenvalue weighted by Crippen LogP contribution is -2.46. The number of thiazole rings is 1. The normalized spacial score (nSPS) is 20.4. The summed E-state index contributed by atoms with van der Waals surface area (Å²) >= 11 is 1.79. The molecule has 1 saturated heterocycles.